The number of halogens is 3. The van der Waals surface area contributed by atoms with Gasteiger partial charge in [0.05, 0.1) is 11.1 Å². The van der Waals surface area contributed by atoms with Gasteiger partial charge in [-0.15, -0.1) is 0 Å². The second-order valence-electron chi connectivity index (χ2n) is 4.16. The highest BCUT2D eigenvalue weighted by Crippen LogP contribution is 2.26. The average molecular weight is 391 g/mol. The Hall–Kier alpha value is -0.690. The molecule has 0 fully saturated rings. The molecule has 5 heteroatoms. The van der Waals surface area contributed by atoms with Crippen molar-refractivity contribution in [1.82, 2.24) is 5.43 Å². The lowest BCUT2D eigenvalue weighted by molar-refractivity contribution is 0.527. The van der Waals surface area contributed by atoms with Crippen molar-refractivity contribution in [2.75, 3.05) is 0 Å². The number of hydrazine groups is 1. The summed E-state index contributed by atoms with van der Waals surface area (Å²) in [5.74, 6) is 5.22. The predicted octanol–water partition coefficient (Wildman–Crippen LogP) is 3.83. The second kappa shape index (κ2) is 6.65. The average Bonchev–Trinajstić information content (AvgIpc) is 2.41. The lowest BCUT2D eigenvalue weighted by Gasteiger charge is -2.18. The Morgan fingerprint density at radius 2 is 1.95 bits per heavy atom. The molecule has 0 heterocycles. The molecule has 2 aromatic rings. The maximum absolute atomic E-state index is 13.9. The van der Waals surface area contributed by atoms with Crippen molar-refractivity contribution in [3.63, 3.8) is 0 Å². The van der Waals surface area contributed by atoms with E-state index >= 15 is 0 Å². The van der Waals surface area contributed by atoms with E-state index in [4.69, 9.17) is 17.4 Å². The van der Waals surface area contributed by atoms with Crippen LogP contribution in [-0.2, 0) is 6.42 Å². The maximum Gasteiger partial charge on any atom is 0.145 e. The minimum absolute atomic E-state index is 0.135. The largest absolute Gasteiger partial charge is 0.271 e. The van der Waals surface area contributed by atoms with Crippen LogP contribution in [0.3, 0.4) is 0 Å². The fraction of sp³-hybridized carbons (Fsp3) is 0.143. The van der Waals surface area contributed by atoms with Crippen molar-refractivity contribution >= 4 is 34.2 Å². The molecule has 0 spiro atoms. The Morgan fingerprint density at radius 1 is 1.21 bits per heavy atom. The molecule has 0 aliphatic heterocycles. The molecule has 0 aromatic heterocycles. The van der Waals surface area contributed by atoms with Crippen LogP contribution in [0.15, 0.2) is 42.5 Å². The van der Waals surface area contributed by atoms with Gasteiger partial charge >= 0.3 is 0 Å². The zero-order chi connectivity index (χ0) is 13.8. The zero-order valence-electron chi connectivity index (χ0n) is 10.0. The number of nitrogens with two attached hydrogens (primary N) is 1. The summed E-state index contributed by atoms with van der Waals surface area (Å²) in [6.07, 6.45) is 0.447. The van der Waals surface area contributed by atoms with Crippen molar-refractivity contribution in [3.05, 3.63) is 68.0 Å². The van der Waals surface area contributed by atoms with E-state index in [0.717, 1.165) is 9.13 Å². The molecule has 2 rings (SSSR count). The molecule has 0 saturated heterocycles. The molecule has 0 aliphatic rings. The third-order valence-electron chi connectivity index (χ3n) is 2.94. The van der Waals surface area contributed by atoms with Crippen LogP contribution < -0.4 is 11.3 Å². The van der Waals surface area contributed by atoms with Gasteiger partial charge in [-0.3, -0.25) is 11.3 Å². The molecule has 0 saturated carbocycles. The molecule has 2 aromatic carbocycles. The summed E-state index contributed by atoms with van der Waals surface area (Å²) in [7, 11) is 0. The van der Waals surface area contributed by atoms with Crippen LogP contribution in [0.4, 0.5) is 4.39 Å². The van der Waals surface area contributed by atoms with Gasteiger partial charge in [0.1, 0.15) is 5.82 Å². The van der Waals surface area contributed by atoms with Crippen LogP contribution in [0.2, 0.25) is 5.02 Å². The number of rotatable bonds is 4. The second-order valence-corrected chi connectivity index (χ2v) is 5.73. The smallest absolute Gasteiger partial charge is 0.145 e. The number of benzene rings is 2. The molecule has 0 aliphatic carbocycles. The fourth-order valence-corrected chi connectivity index (χ4v) is 2.90. The SMILES string of the molecule is NNC(Cc1cccc(Cl)c1F)c1ccccc1I. The summed E-state index contributed by atoms with van der Waals surface area (Å²) < 4.78 is 15.0. The van der Waals surface area contributed by atoms with Gasteiger partial charge in [0.25, 0.3) is 0 Å². The van der Waals surface area contributed by atoms with Crippen LogP contribution in [-0.4, -0.2) is 0 Å². The van der Waals surface area contributed by atoms with E-state index in [9.17, 15) is 4.39 Å². The van der Waals surface area contributed by atoms with Crippen LogP contribution >= 0.6 is 34.2 Å². The van der Waals surface area contributed by atoms with Crippen molar-refractivity contribution in [2.45, 2.75) is 12.5 Å². The lowest BCUT2D eigenvalue weighted by Crippen LogP contribution is -2.30. The van der Waals surface area contributed by atoms with Gasteiger partial charge in [0, 0.05) is 3.57 Å². The van der Waals surface area contributed by atoms with E-state index in [0.29, 0.717) is 12.0 Å². The standard InChI is InChI=1S/C14H13ClFIN2/c15-11-6-3-4-9(14(11)16)8-13(19-18)10-5-1-2-7-12(10)17/h1-7,13,19H,8,18H2. The highest BCUT2D eigenvalue weighted by atomic mass is 127. The van der Waals surface area contributed by atoms with E-state index in [-0.39, 0.29) is 16.9 Å². The first-order chi connectivity index (χ1) is 9.13. The first-order valence-corrected chi connectivity index (χ1v) is 7.22. The van der Waals surface area contributed by atoms with Crippen molar-refractivity contribution in [3.8, 4) is 0 Å². The highest BCUT2D eigenvalue weighted by molar-refractivity contribution is 14.1. The fourth-order valence-electron chi connectivity index (χ4n) is 1.94. The van der Waals surface area contributed by atoms with Crippen LogP contribution in [0.5, 0.6) is 0 Å². The number of hydrogen-bond acceptors (Lipinski definition) is 2. The predicted molar refractivity (Wildman–Crippen MR) is 84.3 cm³/mol. The van der Waals surface area contributed by atoms with Gasteiger partial charge < -0.3 is 0 Å². The quantitative estimate of drug-likeness (QED) is 0.473. The molecule has 1 unspecified atom stereocenters. The summed E-state index contributed by atoms with van der Waals surface area (Å²) in [4.78, 5) is 0. The monoisotopic (exact) mass is 390 g/mol. The van der Waals surface area contributed by atoms with E-state index in [1.807, 2.05) is 24.3 Å². The summed E-state index contributed by atoms with van der Waals surface area (Å²) in [5.41, 5.74) is 4.34. The third kappa shape index (κ3) is 3.45. The third-order valence-corrected chi connectivity index (χ3v) is 4.21. The summed E-state index contributed by atoms with van der Waals surface area (Å²) >= 11 is 8.03. The number of nitrogens with one attached hydrogen (secondary N) is 1. The first kappa shape index (κ1) is 14.7. The van der Waals surface area contributed by atoms with Crippen molar-refractivity contribution in [2.24, 2.45) is 5.84 Å². The van der Waals surface area contributed by atoms with Crippen LogP contribution in [0, 0.1) is 9.39 Å². The first-order valence-electron chi connectivity index (χ1n) is 5.77. The van der Waals surface area contributed by atoms with Gasteiger partial charge in [0.15, 0.2) is 0 Å². The lowest BCUT2D eigenvalue weighted by atomic mass is 9.99. The maximum atomic E-state index is 13.9. The molecular weight excluding hydrogens is 378 g/mol. The molecule has 100 valence electrons. The Bertz CT molecular complexity index is 577. The molecule has 19 heavy (non-hydrogen) atoms. The van der Waals surface area contributed by atoms with Crippen molar-refractivity contribution < 1.29 is 4.39 Å². The van der Waals surface area contributed by atoms with Crippen LogP contribution in [0.1, 0.15) is 17.2 Å². The molecule has 0 radical (unpaired) electrons. The highest BCUT2D eigenvalue weighted by Gasteiger charge is 2.16. The summed E-state index contributed by atoms with van der Waals surface area (Å²) in [6, 6.07) is 12.7. The molecule has 0 amide bonds. The van der Waals surface area contributed by atoms with Gasteiger partial charge in [-0.2, -0.15) is 0 Å². The van der Waals surface area contributed by atoms with Gasteiger partial charge in [-0.1, -0.05) is 41.9 Å². The summed E-state index contributed by atoms with van der Waals surface area (Å²) in [6.45, 7) is 0. The molecular formula is C14H13ClFIN2. The molecule has 0 bridgehead atoms. The van der Waals surface area contributed by atoms with Gasteiger partial charge in [-0.25, -0.2) is 4.39 Å². The van der Waals surface area contributed by atoms with Gasteiger partial charge in [0.2, 0.25) is 0 Å². The molecule has 1 atom stereocenters. The Morgan fingerprint density at radius 3 is 2.63 bits per heavy atom. The van der Waals surface area contributed by atoms with Crippen molar-refractivity contribution in [1.29, 1.82) is 0 Å². The van der Waals surface area contributed by atoms with E-state index in [2.05, 4.69) is 28.0 Å². The summed E-state index contributed by atoms with van der Waals surface area (Å²) in [5, 5.41) is 0.135. The minimum atomic E-state index is -0.379. The Labute approximate surface area is 130 Å². The van der Waals surface area contributed by atoms with Crippen LogP contribution in [0.25, 0.3) is 0 Å². The zero-order valence-corrected chi connectivity index (χ0v) is 13.0. The van der Waals surface area contributed by atoms with E-state index in [1.165, 1.54) is 6.07 Å². The topological polar surface area (TPSA) is 38.0 Å². The Balaban J connectivity index is 2.30. The minimum Gasteiger partial charge on any atom is -0.271 e. The normalized spacial score (nSPS) is 12.4. The molecule has 2 nitrogen and oxygen atoms in total. The van der Waals surface area contributed by atoms with E-state index < -0.39 is 0 Å². The van der Waals surface area contributed by atoms with Gasteiger partial charge in [-0.05, 0) is 52.3 Å². The Kier molecular flexibility index (Phi) is 5.15. The molecule has 3 N–H and O–H groups in total. The number of hydrogen-bond donors (Lipinski definition) is 2. The van der Waals surface area contributed by atoms with E-state index in [1.54, 1.807) is 12.1 Å².